The molecule has 1 aromatic rings. The third kappa shape index (κ3) is 2.71. The predicted molar refractivity (Wildman–Crippen MR) is 72.3 cm³/mol. The molecule has 1 N–H and O–H groups in total. The first-order valence-electron chi connectivity index (χ1n) is 6.70. The maximum absolute atomic E-state index is 12.4. The Balaban J connectivity index is 2.33. The van der Waals surface area contributed by atoms with Gasteiger partial charge in [-0.1, -0.05) is 31.5 Å². The van der Waals surface area contributed by atoms with Crippen molar-refractivity contribution >= 4 is 17.8 Å². The van der Waals surface area contributed by atoms with Crippen LogP contribution >= 0.6 is 0 Å². The number of carboxylic acid groups (broad SMARTS) is 1. The molecule has 5 nitrogen and oxygen atoms in total. The number of amides is 2. The Morgan fingerprint density at radius 2 is 2.05 bits per heavy atom. The number of carbonyl (C=O) groups excluding carboxylic acids is 2. The zero-order chi connectivity index (χ0) is 14.7. The summed E-state index contributed by atoms with van der Waals surface area (Å²) >= 11 is 0. The average Bonchev–Trinajstić information content (AvgIpc) is 2.38. The summed E-state index contributed by atoms with van der Waals surface area (Å²) in [4.78, 5) is 36.7. The Kier molecular flexibility index (Phi) is 4.17. The lowest BCUT2D eigenvalue weighted by Crippen LogP contribution is -2.49. The quantitative estimate of drug-likeness (QED) is 0.832. The van der Waals surface area contributed by atoms with E-state index in [9.17, 15) is 14.4 Å². The molecule has 5 heteroatoms. The van der Waals surface area contributed by atoms with Crippen LogP contribution in [0.3, 0.4) is 0 Å². The van der Waals surface area contributed by atoms with Gasteiger partial charge >= 0.3 is 5.97 Å². The Morgan fingerprint density at radius 3 is 2.70 bits per heavy atom. The normalized spacial score (nSPS) is 15.9. The number of hydrogen-bond acceptors (Lipinski definition) is 3. The minimum Gasteiger partial charge on any atom is -0.481 e. The minimum absolute atomic E-state index is 0.155. The minimum atomic E-state index is -0.997. The van der Waals surface area contributed by atoms with Gasteiger partial charge in [0, 0.05) is 5.56 Å². The van der Waals surface area contributed by atoms with E-state index in [4.69, 9.17) is 5.11 Å². The van der Waals surface area contributed by atoms with Gasteiger partial charge in [-0.25, -0.2) is 0 Å². The average molecular weight is 275 g/mol. The first-order chi connectivity index (χ1) is 9.54. The van der Waals surface area contributed by atoms with E-state index in [0.29, 0.717) is 17.5 Å². The van der Waals surface area contributed by atoms with Crippen molar-refractivity contribution in [3.05, 3.63) is 35.4 Å². The van der Waals surface area contributed by atoms with Gasteiger partial charge in [0.1, 0.15) is 0 Å². The molecule has 1 aromatic carbocycles. The van der Waals surface area contributed by atoms with E-state index in [0.717, 1.165) is 11.3 Å². The van der Waals surface area contributed by atoms with Crippen LogP contribution in [0.15, 0.2) is 24.3 Å². The summed E-state index contributed by atoms with van der Waals surface area (Å²) in [5, 5.41) is 8.96. The fraction of sp³-hybridized carbons (Fsp3) is 0.400. The van der Waals surface area contributed by atoms with Crippen molar-refractivity contribution in [3.63, 3.8) is 0 Å². The molecule has 0 radical (unpaired) electrons. The fourth-order valence-corrected chi connectivity index (χ4v) is 2.60. The molecular weight excluding hydrogens is 258 g/mol. The molecule has 1 heterocycles. The summed E-state index contributed by atoms with van der Waals surface area (Å²) in [6, 6.07) is 6.41. The summed E-state index contributed by atoms with van der Waals surface area (Å²) in [6.07, 6.45) is 1.18. The predicted octanol–water partition coefficient (Wildman–Crippen LogP) is 1.85. The number of carbonyl (C=O) groups is 3. The largest absolute Gasteiger partial charge is 0.481 e. The lowest BCUT2D eigenvalue weighted by atomic mass is 9.95. The van der Waals surface area contributed by atoms with Gasteiger partial charge < -0.3 is 5.11 Å². The van der Waals surface area contributed by atoms with E-state index in [2.05, 4.69) is 0 Å². The molecule has 20 heavy (non-hydrogen) atoms. The number of imide groups is 1. The van der Waals surface area contributed by atoms with Crippen LogP contribution in [0.2, 0.25) is 0 Å². The van der Waals surface area contributed by atoms with Crippen molar-refractivity contribution in [2.24, 2.45) is 0 Å². The number of fused-ring (bicyclic) bond motifs is 1. The monoisotopic (exact) mass is 275 g/mol. The van der Waals surface area contributed by atoms with E-state index in [1.54, 1.807) is 24.3 Å². The first-order valence-corrected chi connectivity index (χ1v) is 6.70. The second-order valence-corrected chi connectivity index (χ2v) is 4.94. The van der Waals surface area contributed by atoms with E-state index in [1.165, 1.54) is 0 Å². The second-order valence-electron chi connectivity index (χ2n) is 4.94. The molecule has 1 unspecified atom stereocenters. The summed E-state index contributed by atoms with van der Waals surface area (Å²) < 4.78 is 0. The maximum Gasteiger partial charge on any atom is 0.305 e. The zero-order valence-electron chi connectivity index (χ0n) is 11.3. The number of rotatable bonds is 5. The molecule has 1 aliphatic rings. The van der Waals surface area contributed by atoms with Crippen LogP contribution < -0.4 is 0 Å². The van der Waals surface area contributed by atoms with Crippen molar-refractivity contribution in [1.29, 1.82) is 0 Å². The topological polar surface area (TPSA) is 74.7 Å². The summed E-state index contributed by atoms with van der Waals surface area (Å²) in [5.74, 6) is -1.69. The molecule has 0 spiro atoms. The van der Waals surface area contributed by atoms with Crippen molar-refractivity contribution in [1.82, 2.24) is 4.90 Å². The molecule has 0 bridgehead atoms. The van der Waals surface area contributed by atoms with Gasteiger partial charge in [-0.2, -0.15) is 0 Å². The highest BCUT2D eigenvalue weighted by Crippen LogP contribution is 2.24. The summed E-state index contributed by atoms with van der Waals surface area (Å²) in [6.45, 7) is 1.90. The summed E-state index contributed by atoms with van der Waals surface area (Å²) in [7, 11) is 0. The molecule has 2 amide bonds. The molecule has 0 aliphatic carbocycles. The molecule has 0 fully saturated rings. The molecule has 0 aromatic heterocycles. The van der Waals surface area contributed by atoms with Gasteiger partial charge in [0.15, 0.2) is 0 Å². The Labute approximate surface area is 117 Å². The SMILES string of the molecule is CCCC(CC(=O)O)N1C(=O)Cc2ccccc2C1=O. The third-order valence-electron chi connectivity index (χ3n) is 3.47. The van der Waals surface area contributed by atoms with Crippen LogP contribution in [0.5, 0.6) is 0 Å². The standard InChI is InChI=1S/C15H17NO4/c1-2-5-11(9-14(18)19)16-13(17)8-10-6-3-4-7-12(10)15(16)20/h3-4,6-7,11H,2,5,8-9H2,1H3,(H,18,19). The van der Waals surface area contributed by atoms with Crippen LogP contribution in [0.1, 0.15) is 42.1 Å². The molecule has 1 aliphatic heterocycles. The zero-order valence-corrected chi connectivity index (χ0v) is 11.3. The van der Waals surface area contributed by atoms with Crippen LogP contribution in [-0.2, 0) is 16.0 Å². The van der Waals surface area contributed by atoms with Crippen LogP contribution in [0.25, 0.3) is 0 Å². The molecular formula is C15H17NO4. The third-order valence-corrected chi connectivity index (χ3v) is 3.47. The van der Waals surface area contributed by atoms with E-state index in [1.807, 2.05) is 6.92 Å². The van der Waals surface area contributed by atoms with Crippen molar-refractivity contribution < 1.29 is 19.5 Å². The highest BCUT2D eigenvalue weighted by atomic mass is 16.4. The molecule has 1 atom stereocenters. The maximum atomic E-state index is 12.4. The van der Waals surface area contributed by atoms with Crippen molar-refractivity contribution in [2.75, 3.05) is 0 Å². The van der Waals surface area contributed by atoms with Gasteiger partial charge in [0.2, 0.25) is 5.91 Å². The van der Waals surface area contributed by atoms with Gasteiger partial charge in [-0.05, 0) is 18.1 Å². The fourth-order valence-electron chi connectivity index (χ4n) is 2.60. The van der Waals surface area contributed by atoms with Gasteiger partial charge in [-0.3, -0.25) is 19.3 Å². The Morgan fingerprint density at radius 1 is 1.35 bits per heavy atom. The number of carboxylic acids is 1. The van der Waals surface area contributed by atoms with Crippen LogP contribution in [0.4, 0.5) is 0 Å². The van der Waals surface area contributed by atoms with Crippen LogP contribution in [0, 0.1) is 0 Å². The number of benzene rings is 1. The van der Waals surface area contributed by atoms with E-state index in [-0.39, 0.29) is 24.7 Å². The van der Waals surface area contributed by atoms with Crippen LogP contribution in [-0.4, -0.2) is 33.8 Å². The van der Waals surface area contributed by atoms with Gasteiger partial charge in [-0.15, -0.1) is 0 Å². The highest BCUT2D eigenvalue weighted by molar-refractivity contribution is 6.10. The molecule has 2 rings (SSSR count). The van der Waals surface area contributed by atoms with Crippen molar-refractivity contribution in [3.8, 4) is 0 Å². The van der Waals surface area contributed by atoms with E-state index < -0.39 is 12.0 Å². The number of hydrogen-bond donors (Lipinski definition) is 1. The highest BCUT2D eigenvalue weighted by Gasteiger charge is 2.36. The van der Waals surface area contributed by atoms with E-state index >= 15 is 0 Å². The lowest BCUT2D eigenvalue weighted by molar-refractivity contribution is -0.139. The Bertz CT molecular complexity index is 553. The van der Waals surface area contributed by atoms with Crippen molar-refractivity contribution in [2.45, 2.75) is 38.6 Å². The van der Waals surface area contributed by atoms with Gasteiger partial charge in [0.25, 0.3) is 5.91 Å². The second kappa shape index (κ2) is 5.86. The molecule has 0 saturated carbocycles. The smallest absolute Gasteiger partial charge is 0.305 e. The first kappa shape index (κ1) is 14.2. The lowest BCUT2D eigenvalue weighted by Gasteiger charge is -2.33. The summed E-state index contributed by atoms with van der Waals surface area (Å²) in [5.41, 5.74) is 1.21. The molecule has 106 valence electrons. The Hall–Kier alpha value is -2.17. The number of aliphatic carboxylic acids is 1. The van der Waals surface area contributed by atoms with Gasteiger partial charge in [0.05, 0.1) is 18.9 Å². The molecule has 0 saturated heterocycles. The number of nitrogens with zero attached hydrogens (tertiary/aromatic N) is 1.